The first-order chi connectivity index (χ1) is 12.5. The molecule has 1 aliphatic rings. The van der Waals surface area contributed by atoms with Gasteiger partial charge in [0, 0.05) is 39.8 Å². The first-order valence-electron chi connectivity index (χ1n) is 9.46. The minimum absolute atomic E-state index is 0.620. The predicted octanol–water partition coefficient (Wildman–Crippen LogP) is 3.12. The summed E-state index contributed by atoms with van der Waals surface area (Å²) in [5.74, 6) is 0.620. The van der Waals surface area contributed by atoms with Gasteiger partial charge in [0.25, 0.3) is 0 Å². The van der Waals surface area contributed by atoms with Crippen molar-refractivity contribution in [3.05, 3.63) is 46.8 Å². The molecule has 0 amide bonds. The van der Waals surface area contributed by atoms with E-state index in [0.29, 0.717) is 5.92 Å². The van der Waals surface area contributed by atoms with Crippen LogP contribution in [0.3, 0.4) is 0 Å². The first kappa shape index (κ1) is 18.5. The summed E-state index contributed by atoms with van der Waals surface area (Å²) >= 11 is 0. The number of hydrogen-bond donors (Lipinski definition) is 0. The second-order valence-corrected chi connectivity index (χ2v) is 7.73. The maximum Gasteiger partial charge on any atom is 0.101 e. The zero-order valence-electron chi connectivity index (χ0n) is 16.4. The maximum absolute atomic E-state index is 9.50. The Morgan fingerprint density at radius 2 is 1.88 bits per heavy atom. The molecule has 0 aliphatic carbocycles. The molecule has 0 unspecified atom stereocenters. The van der Waals surface area contributed by atoms with Crippen molar-refractivity contribution in [2.24, 2.45) is 13.0 Å². The molecule has 5 heteroatoms. The molecule has 2 heterocycles. The smallest absolute Gasteiger partial charge is 0.101 e. The Kier molecular flexibility index (Phi) is 5.63. The van der Waals surface area contributed by atoms with E-state index in [1.165, 1.54) is 11.3 Å². The van der Waals surface area contributed by atoms with Gasteiger partial charge in [0.05, 0.1) is 22.6 Å². The van der Waals surface area contributed by atoms with E-state index in [4.69, 9.17) is 0 Å². The van der Waals surface area contributed by atoms with E-state index in [-0.39, 0.29) is 0 Å². The molecule has 2 aromatic rings. The van der Waals surface area contributed by atoms with Crippen LogP contribution in [0.2, 0.25) is 0 Å². The molecule has 3 rings (SSSR count). The molecule has 1 aliphatic heterocycles. The van der Waals surface area contributed by atoms with Gasteiger partial charge in [-0.05, 0) is 43.0 Å². The molecular formula is C21H29N5. The third-order valence-corrected chi connectivity index (χ3v) is 5.02. The molecule has 0 N–H and O–H groups in total. The molecule has 26 heavy (non-hydrogen) atoms. The summed E-state index contributed by atoms with van der Waals surface area (Å²) in [5.41, 5.74) is 5.53. The van der Waals surface area contributed by atoms with Crippen molar-refractivity contribution < 1.29 is 0 Å². The van der Waals surface area contributed by atoms with Crippen molar-refractivity contribution in [3.63, 3.8) is 0 Å². The van der Waals surface area contributed by atoms with Gasteiger partial charge in [0.15, 0.2) is 0 Å². The Morgan fingerprint density at radius 3 is 2.46 bits per heavy atom. The lowest BCUT2D eigenvalue weighted by atomic mass is 10.00. The number of aromatic nitrogens is 2. The van der Waals surface area contributed by atoms with Crippen molar-refractivity contribution >= 4 is 5.69 Å². The largest absolute Gasteiger partial charge is 0.368 e. The SMILES string of the molecule is Cc1cc(CN2CCN(c3cc(CC(C)C)ccc3C#N)CC2)n(C)n1. The molecule has 1 aromatic heterocycles. The molecule has 0 atom stereocenters. The number of benzene rings is 1. The monoisotopic (exact) mass is 351 g/mol. The number of anilines is 1. The van der Waals surface area contributed by atoms with Crippen molar-refractivity contribution in [2.75, 3.05) is 31.1 Å². The second-order valence-electron chi connectivity index (χ2n) is 7.73. The standard InChI is InChI=1S/C21H29N5/c1-16(2)11-18-5-6-19(14-22)21(13-18)26-9-7-25(8-10-26)15-20-12-17(3)23-24(20)4/h5-6,12-13,16H,7-11,15H2,1-4H3. The summed E-state index contributed by atoms with van der Waals surface area (Å²) in [6.45, 7) is 11.4. The summed E-state index contributed by atoms with van der Waals surface area (Å²) in [7, 11) is 2.01. The van der Waals surface area contributed by atoms with Gasteiger partial charge < -0.3 is 4.90 Å². The van der Waals surface area contributed by atoms with Gasteiger partial charge in [-0.1, -0.05) is 19.9 Å². The fraction of sp³-hybridized carbons (Fsp3) is 0.524. The highest BCUT2D eigenvalue weighted by atomic mass is 15.3. The quantitative estimate of drug-likeness (QED) is 0.830. The van der Waals surface area contributed by atoms with E-state index in [9.17, 15) is 5.26 Å². The van der Waals surface area contributed by atoms with Gasteiger partial charge in [0.2, 0.25) is 0 Å². The number of hydrogen-bond acceptors (Lipinski definition) is 4. The minimum atomic E-state index is 0.620. The van der Waals surface area contributed by atoms with E-state index in [0.717, 1.165) is 56.1 Å². The van der Waals surface area contributed by atoms with E-state index in [1.54, 1.807) is 0 Å². The average Bonchev–Trinajstić information content (AvgIpc) is 2.92. The molecule has 1 fully saturated rings. The molecule has 0 spiro atoms. The van der Waals surface area contributed by atoms with Crippen molar-refractivity contribution in [3.8, 4) is 6.07 Å². The Bertz CT molecular complexity index is 791. The normalized spacial score (nSPS) is 15.5. The molecular weight excluding hydrogens is 322 g/mol. The highest BCUT2D eigenvalue weighted by molar-refractivity contribution is 5.61. The number of nitriles is 1. The fourth-order valence-electron chi connectivity index (χ4n) is 3.72. The Labute approximate surface area is 156 Å². The van der Waals surface area contributed by atoms with Gasteiger partial charge in [-0.2, -0.15) is 10.4 Å². The predicted molar refractivity (Wildman–Crippen MR) is 105 cm³/mol. The van der Waals surface area contributed by atoms with Crippen LogP contribution in [0.4, 0.5) is 5.69 Å². The van der Waals surface area contributed by atoms with Crippen LogP contribution in [0.1, 0.15) is 36.4 Å². The maximum atomic E-state index is 9.50. The number of piperazine rings is 1. The minimum Gasteiger partial charge on any atom is -0.368 e. The second kappa shape index (κ2) is 7.92. The fourth-order valence-corrected chi connectivity index (χ4v) is 3.72. The summed E-state index contributed by atoms with van der Waals surface area (Å²) in [6.07, 6.45) is 1.05. The van der Waals surface area contributed by atoms with Crippen molar-refractivity contribution in [2.45, 2.75) is 33.7 Å². The van der Waals surface area contributed by atoms with Crippen molar-refractivity contribution in [1.29, 1.82) is 5.26 Å². The topological polar surface area (TPSA) is 48.1 Å². The summed E-state index contributed by atoms with van der Waals surface area (Å²) in [5, 5.41) is 13.9. The summed E-state index contributed by atoms with van der Waals surface area (Å²) < 4.78 is 1.98. The molecule has 0 radical (unpaired) electrons. The summed E-state index contributed by atoms with van der Waals surface area (Å²) in [6, 6.07) is 10.8. The van der Waals surface area contributed by atoms with Gasteiger partial charge in [-0.15, -0.1) is 0 Å². The van der Waals surface area contributed by atoms with Gasteiger partial charge in [-0.3, -0.25) is 9.58 Å². The first-order valence-corrected chi connectivity index (χ1v) is 9.46. The number of nitrogens with zero attached hydrogens (tertiary/aromatic N) is 5. The lowest BCUT2D eigenvalue weighted by Crippen LogP contribution is -2.46. The van der Waals surface area contributed by atoms with Crippen LogP contribution in [0.25, 0.3) is 0 Å². The molecule has 0 saturated carbocycles. The van der Waals surface area contributed by atoms with Gasteiger partial charge >= 0.3 is 0 Å². The lowest BCUT2D eigenvalue weighted by molar-refractivity contribution is 0.243. The zero-order valence-corrected chi connectivity index (χ0v) is 16.4. The van der Waals surface area contributed by atoms with E-state index in [1.807, 2.05) is 24.7 Å². The third kappa shape index (κ3) is 4.25. The molecule has 1 saturated heterocycles. The van der Waals surface area contributed by atoms with Crippen molar-refractivity contribution in [1.82, 2.24) is 14.7 Å². The molecule has 5 nitrogen and oxygen atoms in total. The van der Waals surface area contributed by atoms with Gasteiger partial charge in [0.1, 0.15) is 6.07 Å². The molecule has 138 valence electrons. The number of aryl methyl sites for hydroxylation is 2. The van der Waals surface area contributed by atoms with Crippen LogP contribution >= 0.6 is 0 Å². The Hall–Kier alpha value is -2.32. The van der Waals surface area contributed by atoms with Crippen LogP contribution in [-0.2, 0) is 20.0 Å². The third-order valence-electron chi connectivity index (χ3n) is 5.02. The molecule has 0 bridgehead atoms. The van der Waals surface area contributed by atoms with E-state index >= 15 is 0 Å². The Morgan fingerprint density at radius 1 is 1.15 bits per heavy atom. The van der Waals surface area contributed by atoms with E-state index < -0.39 is 0 Å². The highest BCUT2D eigenvalue weighted by Gasteiger charge is 2.20. The van der Waals surface area contributed by atoms with E-state index in [2.05, 4.69) is 53.0 Å². The summed E-state index contributed by atoms with van der Waals surface area (Å²) in [4.78, 5) is 4.84. The highest BCUT2D eigenvalue weighted by Crippen LogP contribution is 2.25. The van der Waals surface area contributed by atoms with Crippen LogP contribution in [0, 0.1) is 24.2 Å². The average molecular weight is 351 g/mol. The molecule has 1 aromatic carbocycles. The van der Waals surface area contributed by atoms with Crippen LogP contribution < -0.4 is 4.90 Å². The van der Waals surface area contributed by atoms with Crippen LogP contribution in [0.15, 0.2) is 24.3 Å². The van der Waals surface area contributed by atoms with Gasteiger partial charge in [-0.25, -0.2) is 0 Å². The Balaban J connectivity index is 1.67. The zero-order chi connectivity index (χ0) is 18.7. The van der Waals surface area contributed by atoms with Crippen LogP contribution in [-0.4, -0.2) is 40.9 Å². The van der Waals surface area contributed by atoms with Crippen LogP contribution in [0.5, 0.6) is 0 Å². The lowest BCUT2D eigenvalue weighted by Gasteiger charge is -2.36. The number of rotatable bonds is 5.